The van der Waals surface area contributed by atoms with Gasteiger partial charge in [0.15, 0.2) is 0 Å². The van der Waals surface area contributed by atoms with Gasteiger partial charge in [0.2, 0.25) is 5.91 Å². The lowest BCUT2D eigenvalue weighted by molar-refractivity contribution is -0.121. The number of nitrogens with one attached hydrogen (secondary N) is 2. The first-order valence-electron chi connectivity index (χ1n) is 9.06. The first kappa shape index (κ1) is 21.9. The SMILES string of the molecule is CC(=O)NCC(F)(F)c1cccc(C(C)Nc2nc(C)nc3cnc(Br)cc23)c1F. The zero-order valence-electron chi connectivity index (χ0n) is 16.4. The van der Waals surface area contributed by atoms with Crippen molar-refractivity contribution >= 4 is 38.6 Å². The van der Waals surface area contributed by atoms with Crippen LogP contribution in [0.25, 0.3) is 10.9 Å². The summed E-state index contributed by atoms with van der Waals surface area (Å²) >= 11 is 3.30. The highest BCUT2D eigenvalue weighted by Crippen LogP contribution is 2.34. The maximum Gasteiger partial charge on any atom is 0.292 e. The highest BCUT2D eigenvalue weighted by Gasteiger charge is 2.36. The fourth-order valence-electron chi connectivity index (χ4n) is 3.01. The number of aromatic nitrogens is 3. The van der Waals surface area contributed by atoms with E-state index in [1.807, 2.05) is 5.32 Å². The zero-order chi connectivity index (χ0) is 22.1. The molecule has 0 radical (unpaired) electrons. The molecule has 0 bridgehead atoms. The van der Waals surface area contributed by atoms with Crippen molar-refractivity contribution in [3.63, 3.8) is 0 Å². The van der Waals surface area contributed by atoms with Crippen molar-refractivity contribution < 1.29 is 18.0 Å². The van der Waals surface area contributed by atoms with E-state index in [0.29, 0.717) is 27.1 Å². The minimum atomic E-state index is -3.56. The molecule has 30 heavy (non-hydrogen) atoms. The second-order valence-corrected chi connectivity index (χ2v) is 7.65. The minimum absolute atomic E-state index is 0.0486. The molecule has 0 spiro atoms. The molecule has 158 valence electrons. The van der Waals surface area contributed by atoms with E-state index in [2.05, 4.69) is 36.2 Å². The molecule has 2 N–H and O–H groups in total. The lowest BCUT2D eigenvalue weighted by Crippen LogP contribution is -2.34. The molecule has 0 saturated carbocycles. The van der Waals surface area contributed by atoms with E-state index >= 15 is 4.39 Å². The van der Waals surface area contributed by atoms with Gasteiger partial charge in [-0.15, -0.1) is 0 Å². The molecule has 0 aliphatic heterocycles. The molecule has 10 heteroatoms. The molecule has 6 nitrogen and oxygen atoms in total. The number of rotatable bonds is 6. The third-order valence-corrected chi connectivity index (χ3v) is 4.90. The van der Waals surface area contributed by atoms with E-state index in [9.17, 15) is 13.6 Å². The van der Waals surface area contributed by atoms with E-state index in [1.54, 1.807) is 26.1 Å². The molecular formula is C20H19BrF3N5O. The minimum Gasteiger partial charge on any atom is -0.363 e. The predicted molar refractivity (Wildman–Crippen MR) is 111 cm³/mol. The first-order valence-corrected chi connectivity index (χ1v) is 9.85. The van der Waals surface area contributed by atoms with Crippen LogP contribution in [-0.2, 0) is 10.7 Å². The number of hydrogen-bond donors (Lipinski definition) is 2. The van der Waals surface area contributed by atoms with Crippen LogP contribution in [0, 0.1) is 12.7 Å². The van der Waals surface area contributed by atoms with Gasteiger partial charge in [-0.2, -0.15) is 8.78 Å². The lowest BCUT2D eigenvalue weighted by atomic mass is 10.00. The average molecular weight is 482 g/mol. The van der Waals surface area contributed by atoms with E-state index in [-0.39, 0.29) is 5.56 Å². The summed E-state index contributed by atoms with van der Waals surface area (Å²) in [5, 5.41) is 5.77. The number of halogens is 4. The van der Waals surface area contributed by atoms with Gasteiger partial charge in [-0.05, 0) is 41.9 Å². The van der Waals surface area contributed by atoms with E-state index < -0.39 is 35.8 Å². The number of hydrogen-bond acceptors (Lipinski definition) is 5. The van der Waals surface area contributed by atoms with Crippen LogP contribution in [-0.4, -0.2) is 27.4 Å². The number of benzene rings is 1. The summed E-state index contributed by atoms with van der Waals surface area (Å²) in [6, 6.07) is 4.85. The van der Waals surface area contributed by atoms with Crippen molar-refractivity contribution in [3.05, 3.63) is 57.8 Å². The van der Waals surface area contributed by atoms with Gasteiger partial charge in [0.05, 0.1) is 29.9 Å². The number of amides is 1. The van der Waals surface area contributed by atoms with Crippen molar-refractivity contribution in [1.82, 2.24) is 20.3 Å². The normalized spacial score (nSPS) is 12.6. The summed E-state index contributed by atoms with van der Waals surface area (Å²) in [5.41, 5.74) is -0.137. The van der Waals surface area contributed by atoms with Crippen molar-refractivity contribution in [2.45, 2.75) is 32.7 Å². The molecule has 0 aliphatic rings. The zero-order valence-corrected chi connectivity index (χ0v) is 18.0. The molecule has 1 unspecified atom stereocenters. The quantitative estimate of drug-likeness (QED) is 0.501. The largest absolute Gasteiger partial charge is 0.363 e. The smallest absolute Gasteiger partial charge is 0.292 e. The predicted octanol–water partition coefficient (Wildman–Crippen LogP) is 4.64. The number of pyridine rings is 1. The summed E-state index contributed by atoms with van der Waals surface area (Å²) in [7, 11) is 0. The number of nitrogens with zero attached hydrogens (tertiary/aromatic N) is 3. The Kier molecular flexibility index (Phi) is 6.25. The lowest BCUT2D eigenvalue weighted by Gasteiger charge is -2.22. The fourth-order valence-corrected chi connectivity index (χ4v) is 3.34. The first-order chi connectivity index (χ1) is 14.1. The van der Waals surface area contributed by atoms with Gasteiger partial charge in [0.25, 0.3) is 5.92 Å². The summed E-state index contributed by atoms with van der Waals surface area (Å²) in [4.78, 5) is 23.8. The van der Waals surface area contributed by atoms with Crippen molar-refractivity contribution in [1.29, 1.82) is 0 Å². The Labute approximate surface area is 179 Å². The van der Waals surface area contributed by atoms with Crippen LogP contribution in [0.2, 0.25) is 0 Å². The van der Waals surface area contributed by atoms with Gasteiger partial charge in [0, 0.05) is 17.9 Å². The van der Waals surface area contributed by atoms with Crippen LogP contribution < -0.4 is 10.6 Å². The Bertz CT molecular complexity index is 1110. The van der Waals surface area contributed by atoms with Crippen molar-refractivity contribution in [2.75, 3.05) is 11.9 Å². The molecule has 1 aromatic carbocycles. The van der Waals surface area contributed by atoms with Crippen LogP contribution in [0.5, 0.6) is 0 Å². The van der Waals surface area contributed by atoms with Crippen molar-refractivity contribution in [3.8, 4) is 0 Å². The fraction of sp³-hybridized carbons (Fsp3) is 0.300. The standard InChI is InChI=1S/C20H19BrF3N5O/c1-10(27-19-14-7-17(21)25-8-16(14)28-11(2)29-19)13-5-4-6-15(18(13)22)20(23,24)9-26-12(3)30/h4-8,10H,9H2,1-3H3,(H,26,30)(H,27,28,29). The average Bonchev–Trinajstić information content (AvgIpc) is 2.67. The number of carbonyl (C=O) groups is 1. The molecule has 0 saturated heterocycles. The Balaban J connectivity index is 1.95. The molecule has 2 heterocycles. The van der Waals surface area contributed by atoms with Gasteiger partial charge in [-0.1, -0.05) is 12.1 Å². The molecule has 3 rings (SSSR count). The Morgan fingerprint density at radius 2 is 2.03 bits per heavy atom. The summed E-state index contributed by atoms with van der Waals surface area (Å²) in [6.45, 7) is 3.49. The maximum atomic E-state index is 15.0. The van der Waals surface area contributed by atoms with Crippen LogP contribution >= 0.6 is 15.9 Å². The second-order valence-electron chi connectivity index (χ2n) is 6.83. The maximum absolute atomic E-state index is 15.0. The molecule has 1 amide bonds. The van der Waals surface area contributed by atoms with Gasteiger partial charge < -0.3 is 10.6 Å². The summed E-state index contributed by atoms with van der Waals surface area (Å²) in [6.07, 6.45) is 1.58. The van der Waals surface area contributed by atoms with E-state index in [4.69, 9.17) is 0 Å². The molecular weight excluding hydrogens is 463 g/mol. The van der Waals surface area contributed by atoms with Gasteiger partial charge >= 0.3 is 0 Å². The summed E-state index contributed by atoms with van der Waals surface area (Å²) < 4.78 is 44.5. The molecule has 0 fully saturated rings. The highest BCUT2D eigenvalue weighted by atomic mass is 79.9. The summed E-state index contributed by atoms with van der Waals surface area (Å²) in [5.74, 6) is -4.29. The topological polar surface area (TPSA) is 79.8 Å². The third-order valence-electron chi connectivity index (χ3n) is 4.46. The van der Waals surface area contributed by atoms with Crippen LogP contribution in [0.3, 0.4) is 0 Å². The molecule has 2 aromatic heterocycles. The third kappa shape index (κ3) is 4.69. The highest BCUT2D eigenvalue weighted by molar-refractivity contribution is 9.10. The van der Waals surface area contributed by atoms with E-state index in [1.165, 1.54) is 12.1 Å². The van der Waals surface area contributed by atoms with Crippen LogP contribution in [0.1, 0.15) is 36.8 Å². The molecule has 3 aromatic rings. The van der Waals surface area contributed by atoms with Crippen LogP contribution in [0.15, 0.2) is 35.1 Å². The number of carbonyl (C=O) groups excluding carboxylic acids is 1. The Morgan fingerprint density at radius 1 is 1.30 bits per heavy atom. The number of aryl methyl sites for hydroxylation is 1. The molecule has 1 atom stereocenters. The number of anilines is 1. The Hall–Kier alpha value is -2.75. The van der Waals surface area contributed by atoms with Gasteiger partial charge in [0.1, 0.15) is 22.1 Å². The second kappa shape index (κ2) is 8.55. The molecule has 0 aliphatic carbocycles. The van der Waals surface area contributed by atoms with Gasteiger partial charge in [-0.25, -0.2) is 19.3 Å². The van der Waals surface area contributed by atoms with Crippen LogP contribution in [0.4, 0.5) is 19.0 Å². The number of alkyl halides is 2. The van der Waals surface area contributed by atoms with E-state index in [0.717, 1.165) is 13.0 Å². The Morgan fingerprint density at radius 3 is 2.73 bits per heavy atom. The van der Waals surface area contributed by atoms with Gasteiger partial charge in [-0.3, -0.25) is 4.79 Å². The monoisotopic (exact) mass is 481 g/mol. The number of fused-ring (bicyclic) bond motifs is 1. The van der Waals surface area contributed by atoms with Crippen molar-refractivity contribution in [2.24, 2.45) is 0 Å².